The van der Waals surface area contributed by atoms with Crippen LogP contribution in [0.2, 0.25) is 0 Å². The molecule has 5 heteroatoms. The van der Waals surface area contributed by atoms with Gasteiger partial charge in [-0.15, -0.1) is 0 Å². The summed E-state index contributed by atoms with van der Waals surface area (Å²) >= 11 is 0. The summed E-state index contributed by atoms with van der Waals surface area (Å²) in [5.41, 5.74) is 0. The van der Waals surface area contributed by atoms with Crippen LogP contribution >= 0.6 is 0 Å². The summed E-state index contributed by atoms with van der Waals surface area (Å²) in [5.74, 6) is -0.588. The first-order valence-corrected chi connectivity index (χ1v) is 29.5. The number of allylic oxidation sites excluding steroid dienone is 12. The lowest BCUT2D eigenvalue weighted by Gasteiger charge is -2.15. The van der Waals surface area contributed by atoms with E-state index in [2.05, 4.69) is 86.8 Å². The highest BCUT2D eigenvalue weighted by Gasteiger charge is 2.16. The van der Waals surface area contributed by atoms with Crippen molar-refractivity contribution in [2.45, 2.75) is 302 Å². The van der Waals surface area contributed by atoms with Crippen LogP contribution in [0, 0.1) is 0 Å². The lowest BCUT2D eigenvalue weighted by molar-refractivity contribution is -0.161. The average molecular weight is 950 g/mol. The lowest BCUT2D eigenvalue weighted by Crippen LogP contribution is -2.28. The third kappa shape index (κ3) is 55.9. The molecule has 0 aliphatic carbocycles. The van der Waals surface area contributed by atoms with E-state index in [-0.39, 0.29) is 25.2 Å². The predicted molar refractivity (Wildman–Crippen MR) is 297 cm³/mol. The number of aliphatic hydroxyl groups excluding tert-OH is 1. The smallest absolute Gasteiger partial charge is 0.306 e. The molecule has 0 fully saturated rings. The minimum atomic E-state index is -0.778. The number of carbonyl (C=O) groups excluding carboxylic acids is 2. The summed E-state index contributed by atoms with van der Waals surface area (Å²) in [7, 11) is 0. The standard InChI is InChI=1S/C63H112O5/c1-3-5-7-9-11-13-15-17-19-21-23-25-27-29-30-31-32-34-36-38-40-42-44-46-48-50-52-54-56-58-63(66)68-61(59-64)60-67-62(65)57-55-53-51-49-47-45-43-41-39-37-35-33-28-26-24-22-20-18-16-14-12-10-8-6-4-2/h15-18,21-24,27-29,33,61,64H,3-14,19-20,25-26,30-32,34-60H2,1-2H3/b17-15-,18-16-,23-21-,24-22-,29-27-,33-28-. The van der Waals surface area contributed by atoms with Crippen molar-refractivity contribution in [3.8, 4) is 0 Å². The molecule has 0 rings (SSSR count). The van der Waals surface area contributed by atoms with Crippen molar-refractivity contribution in [1.29, 1.82) is 0 Å². The molecule has 0 amide bonds. The third-order valence-electron chi connectivity index (χ3n) is 13.0. The number of hydrogen-bond donors (Lipinski definition) is 1. The molecule has 1 N–H and O–H groups in total. The fourth-order valence-electron chi connectivity index (χ4n) is 8.51. The van der Waals surface area contributed by atoms with Gasteiger partial charge in [-0.3, -0.25) is 9.59 Å². The molecule has 0 heterocycles. The Morgan fingerprint density at radius 3 is 0.882 bits per heavy atom. The first-order chi connectivity index (χ1) is 33.6. The number of aliphatic hydroxyl groups is 1. The van der Waals surface area contributed by atoms with Crippen molar-refractivity contribution in [2.75, 3.05) is 13.2 Å². The molecule has 68 heavy (non-hydrogen) atoms. The van der Waals surface area contributed by atoms with Gasteiger partial charge in [-0.1, -0.05) is 267 Å². The number of ether oxygens (including phenoxy) is 2. The molecule has 0 aliphatic heterocycles. The molecule has 0 bridgehead atoms. The number of carbonyl (C=O) groups is 2. The summed E-state index contributed by atoms with van der Waals surface area (Å²) in [4.78, 5) is 24.6. The van der Waals surface area contributed by atoms with E-state index in [1.165, 1.54) is 205 Å². The largest absolute Gasteiger partial charge is 0.462 e. The minimum absolute atomic E-state index is 0.0689. The lowest BCUT2D eigenvalue weighted by atomic mass is 10.0. The molecule has 394 valence electrons. The average Bonchev–Trinajstić information content (AvgIpc) is 3.34. The second-order valence-electron chi connectivity index (χ2n) is 19.7. The molecule has 5 nitrogen and oxygen atoms in total. The maximum Gasteiger partial charge on any atom is 0.306 e. The Morgan fingerprint density at radius 1 is 0.338 bits per heavy atom. The summed E-state index contributed by atoms with van der Waals surface area (Å²) in [6.45, 7) is 4.14. The molecule has 0 aromatic carbocycles. The second-order valence-corrected chi connectivity index (χ2v) is 19.7. The number of unbranched alkanes of at least 4 members (excludes halogenated alkanes) is 34. The normalized spacial score (nSPS) is 12.7. The zero-order chi connectivity index (χ0) is 49.2. The number of esters is 2. The molecule has 1 unspecified atom stereocenters. The van der Waals surface area contributed by atoms with E-state index in [4.69, 9.17) is 9.47 Å². The van der Waals surface area contributed by atoms with E-state index < -0.39 is 6.10 Å². The summed E-state index contributed by atoms with van der Waals surface area (Å²) in [6.07, 6.45) is 80.2. The van der Waals surface area contributed by atoms with E-state index >= 15 is 0 Å². The van der Waals surface area contributed by atoms with E-state index in [1.54, 1.807) is 0 Å². The van der Waals surface area contributed by atoms with Crippen molar-refractivity contribution in [3.63, 3.8) is 0 Å². The Hall–Kier alpha value is -2.66. The van der Waals surface area contributed by atoms with Gasteiger partial charge in [-0.05, 0) is 89.9 Å². The third-order valence-corrected chi connectivity index (χ3v) is 13.0. The Kier molecular flexibility index (Phi) is 56.4. The minimum Gasteiger partial charge on any atom is -0.462 e. The van der Waals surface area contributed by atoms with Crippen molar-refractivity contribution in [1.82, 2.24) is 0 Å². The zero-order valence-corrected chi connectivity index (χ0v) is 45.1. The van der Waals surface area contributed by atoms with Crippen LogP contribution in [-0.4, -0.2) is 36.4 Å². The van der Waals surface area contributed by atoms with Crippen LogP contribution in [0.3, 0.4) is 0 Å². The fraction of sp³-hybridized carbons (Fsp3) is 0.778. The number of hydrogen-bond acceptors (Lipinski definition) is 5. The molecule has 0 aliphatic rings. The van der Waals surface area contributed by atoms with Gasteiger partial charge in [0.05, 0.1) is 6.61 Å². The first-order valence-electron chi connectivity index (χ1n) is 29.5. The molecule has 0 saturated heterocycles. The van der Waals surface area contributed by atoms with Gasteiger partial charge >= 0.3 is 11.9 Å². The van der Waals surface area contributed by atoms with Crippen molar-refractivity contribution in [2.24, 2.45) is 0 Å². The van der Waals surface area contributed by atoms with Crippen molar-refractivity contribution < 1.29 is 24.2 Å². The van der Waals surface area contributed by atoms with E-state index in [0.29, 0.717) is 12.8 Å². The fourth-order valence-corrected chi connectivity index (χ4v) is 8.51. The van der Waals surface area contributed by atoms with Crippen LogP contribution in [0.4, 0.5) is 0 Å². The summed E-state index contributed by atoms with van der Waals surface area (Å²) in [5, 5.41) is 9.66. The van der Waals surface area contributed by atoms with E-state index in [9.17, 15) is 14.7 Å². The van der Waals surface area contributed by atoms with Crippen LogP contribution in [0.5, 0.6) is 0 Å². The highest BCUT2D eigenvalue weighted by molar-refractivity contribution is 5.70. The van der Waals surface area contributed by atoms with Crippen molar-refractivity contribution in [3.05, 3.63) is 72.9 Å². The van der Waals surface area contributed by atoms with Crippen molar-refractivity contribution >= 4 is 11.9 Å². The molecule has 0 radical (unpaired) electrons. The molecule has 0 aromatic rings. The van der Waals surface area contributed by atoms with Gasteiger partial charge in [0.1, 0.15) is 6.61 Å². The van der Waals surface area contributed by atoms with Gasteiger partial charge in [0.15, 0.2) is 6.10 Å². The van der Waals surface area contributed by atoms with Gasteiger partial charge < -0.3 is 14.6 Å². The SMILES string of the molecule is CCCCCCC/C=C\C/C=C\C/C=C\CCCCCCCCCCCCCCCCC(=O)OC(CO)COC(=O)CCCCCCCCCCCC/C=C\C/C=C\C/C=C\CCCCCCC. The van der Waals surface area contributed by atoms with E-state index in [0.717, 1.165) is 64.2 Å². The van der Waals surface area contributed by atoms with Gasteiger partial charge in [0.25, 0.3) is 0 Å². The molecular weight excluding hydrogens is 837 g/mol. The molecule has 0 spiro atoms. The summed E-state index contributed by atoms with van der Waals surface area (Å²) in [6, 6.07) is 0. The monoisotopic (exact) mass is 949 g/mol. The van der Waals surface area contributed by atoms with Gasteiger partial charge in [-0.2, -0.15) is 0 Å². The van der Waals surface area contributed by atoms with Crippen LogP contribution in [0.15, 0.2) is 72.9 Å². The van der Waals surface area contributed by atoms with Gasteiger partial charge in [-0.25, -0.2) is 0 Å². The molecular formula is C63H112O5. The van der Waals surface area contributed by atoms with Crippen LogP contribution in [-0.2, 0) is 19.1 Å². The molecule has 1 atom stereocenters. The van der Waals surface area contributed by atoms with Crippen LogP contribution < -0.4 is 0 Å². The number of rotatable bonds is 54. The van der Waals surface area contributed by atoms with Crippen LogP contribution in [0.1, 0.15) is 296 Å². The quantitative estimate of drug-likeness (QED) is 0.0374. The van der Waals surface area contributed by atoms with Gasteiger partial charge in [0.2, 0.25) is 0 Å². The highest BCUT2D eigenvalue weighted by Crippen LogP contribution is 2.16. The Labute approximate surface area is 423 Å². The maximum atomic E-state index is 12.3. The summed E-state index contributed by atoms with van der Waals surface area (Å²) < 4.78 is 10.7. The van der Waals surface area contributed by atoms with E-state index in [1.807, 2.05) is 0 Å². The highest BCUT2D eigenvalue weighted by atomic mass is 16.6. The second kappa shape index (κ2) is 58.7. The molecule has 0 aromatic heterocycles. The predicted octanol–water partition coefficient (Wildman–Crippen LogP) is 20.0. The Morgan fingerprint density at radius 2 is 0.588 bits per heavy atom. The first kappa shape index (κ1) is 65.3. The Bertz CT molecular complexity index is 1210. The maximum absolute atomic E-state index is 12.3. The topological polar surface area (TPSA) is 72.8 Å². The van der Waals surface area contributed by atoms with Crippen LogP contribution in [0.25, 0.3) is 0 Å². The van der Waals surface area contributed by atoms with Gasteiger partial charge in [0, 0.05) is 12.8 Å². The zero-order valence-electron chi connectivity index (χ0n) is 45.1. The molecule has 0 saturated carbocycles. The Balaban J connectivity index is 3.49.